The van der Waals surface area contributed by atoms with E-state index in [1.165, 1.54) is 13.4 Å². The average Bonchev–Trinajstić information content (AvgIpc) is 3.34. The lowest BCUT2D eigenvalue weighted by Gasteiger charge is -2.12. The number of methoxy groups -OCH3 is 1. The van der Waals surface area contributed by atoms with Crippen molar-refractivity contribution in [3.8, 4) is 17.0 Å². The van der Waals surface area contributed by atoms with Gasteiger partial charge in [0.05, 0.1) is 18.3 Å². The summed E-state index contributed by atoms with van der Waals surface area (Å²) in [7, 11) is 1.44. The zero-order valence-corrected chi connectivity index (χ0v) is 18.3. The van der Waals surface area contributed by atoms with Gasteiger partial charge in [0.15, 0.2) is 23.1 Å². The van der Waals surface area contributed by atoms with Crippen LogP contribution >= 0.6 is 0 Å². The first kappa shape index (κ1) is 20.9. The molecule has 3 aromatic heterocycles. The monoisotopic (exact) mass is 449 g/mol. The largest absolute Gasteiger partial charge is 0.496 e. The normalized spacial score (nSPS) is 11.4. The van der Waals surface area contributed by atoms with E-state index >= 15 is 0 Å². The summed E-state index contributed by atoms with van der Waals surface area (Å²) in [5.74, 6) is -0.296. The van der Waals surface area contributed by atoms with Crippen LogP contribution < -0.4 is 10.1 Å². The first-order valence-electron chi connectivity index (χ1n) is 10.4. The predicted octanol–water partition coefficient (Wildman–Crippen LogP) is 5.26. The molecule has 0 saturated carbocycles. The molecule has 0 amide bonds. The summed E-state index contributed by atoms with van der Waals surface area (Å²) in [6, 6.07) is 10.4. The van der Waals surface area contributed by atoms with Gasteiger partial charge in [-0.2, -0.15) is 0 Å². The molecule has 0 spiro atoms. The van der Waals surface area contributed by atoms with E-state index in [4.69, 9.17) is 9.15 Å². The molecule has 5 aromatic rings. The summed E-state index contributed by atoms with van der Waals surface area (Å²) in [4.78, 5) is 13.0. The molecule has 168 valence electrons. The first-order valence-corrected chi connectivity index (χ1v) is 10.4. The van der Waals surface area contributed by atoms with E-state index in [1.54, 1.807) is 17.6 Å². The van der Waals surface area contributed by atoms with Crippen molar-refractivity contribution in [1.29, 1.82) is 0 Å². The standard InChI is InChI=1S/C24H21F2N5O2/c1-13-8-16-21(32-3)10-17(25)23(26)24(16)31(13)7-6-27-22-11-18(28-12-29-22)15-4-5-20-19(9-15)30-14(2)33-20/h4-5,8-12H,6-7H2,1-3H3,(H,27,28,29). The number of benzene rings is 2. The Kier molecular flexibility index (Phi) is 5.16. The Bertz CT molecular complexity index is 1490. The van der Waals surface area contributed by atoms with Crippen LogP contribution in [0.2, 0.25) is 0 Å². The highest BCUT2D eigenvalue weighted by atomic mass is 19.2. The number of fused-ring (bicyclic) bond motifs is 2. The number of oxazole rings is 1. The van der Waals surface area contributed by atoms with Crippen LogP contribution in [0.15, 0.2) is 47.1 Å². The number of hydrogen-bond acceptors (Lipinski definition) is 6. The van der Waals surface area contributed by atoms with Crippen LogP contribution in [-0.2, 0) is 6.54 Å². The highest BCUT2D eigenvalue weighted by molar-refractivity contribution is 5.88. The van der Waals surface area contributed by atoms with Crippen LogP contribution in [0.25, 0.3) is 33.3 Å². The van der Waals surface area contributed by atoms with Gasteiger partial charge in [0.1, 0.15) is 23.4 Å². The van der Waals surface area contributed by atoms with Crippen molar-refractivity contribution in [2.75, 3.05) is 19.0 Å². The topological polar surface area (TPSA) is 78.0 Å². The highest BCUT2D eigenvalue weighted by Gasteiger charge is 2.18. The van der Waals surface area contributed by atoms with Gasteiger partial charge in [0.25, 0.3) is 0 Å². The Balaban J connectivity index is 1.37. The number of aromatic nitrogens is 4. The van der Waals surface area contributed by atoms with Crippen molar-refractivity contribution in [1.82, 2.24) is 19.5 Å². The number of ether oxygens (including phenoxy) is 1. The molecule has 0 atom stereocenters. The van der Waals surface area contributed by atoms with Crippen molar-refractivity contribution in [2.24, 2.45) is 0 Å². The van der Waals surface area contributed by atoms with Gasteiger partial charge >= 0.3 is 0 Å². The Hall–Kier alpha value is -4.01. The van der Waals surface area contributed by atoms with Crippen LogP contribution in [-0.4, -0.2) is 33.2 Å². The van der Waals surface area contributed by atoms with Crippen molar-refractivity contribution >= 4 is 27.8 Å². The number of hydrogen-bond donors (Lipinski definition) is 1. The number of rotatable bonds is 6. The molecule has 33 heavy (non-hydrogen) atoms. The van der Waals surface area contributed by atoms with E-state index in [9.17, 15) is 8.78 Å². The molecule has 0 aliphatic carbocycles. The van der Waals surface area contributed by atoms with Gasteiger partial charge in [-0.1, -0.05) is 0 Å². The average molecular weight is 449 g/mol. The summed E-state index contributed by atoms with van der Waals surface area (Å²) >= 11 is 0. The summed E-state index contributed by atoms with van der Waals surface area (Å²) < 4.78 is 41.1. The molecule has 0 aliphatic heterocycles. The SMILES string of the molecule is COc1cc(F)c(F)c2c1cc(C)n2CCNc1cc(-c2ccc3oc(C)nc3c2)ncn1. The fourth-order valence-electron chi connectivity index (χ4n) is 4.04. The summed E-state index contributed by atoms with van der Waals surface area (Å²) in [6.45, 7) is 4.50. The Labute approximate surface area is 188 Å². The smallest absolute Gasteiger partial charge is 0.192 e. The van der Waals surface area contributed by atoms with E-state index < -0.39 is 11.6 Å². The second kappa shape index (κ2) is 8.16. The number of nitrogens with one attached hydrogen (secondary N) is 1. The minimum atomic E-state index is -0.939. The van der Waals surface area contributed by atoms with Crippen LogP contribution in [0.3, 0.4) is 0 Å². The number of halogens is 2. The van der Waals surface area contributed by atoms with Gasteiger partial charge in [0, 0.05) is 48.8 Å². The molecule has 0 fully saturated rings. The summed E-state index contributed by atoms with van der Waals surface area (Å²) in [5.41, 5.74) is 4.09. The van der Waals surface area contributed by atoms with E-state index in [1.807, 2.05) is 31.2 Å². The van der Waals surface area contributed by atoms with Gasteiger partial charge in [-0.25, -0.2) is 23.7 Å². The maximum atomic E-state index is 14.6. The zero-order chi connectivity index (χ0) is 23.1. The number of anilines is 1. The molecule has 0 aliphatic rings. The first-order chi connectivity index (χ1) is 15.9. The number of nitrogens with zero attached hydrogens (tertiary/aromatic N) is 4. The second-order valence-corrected chi connectivity index (χ2v) is 7.70. The second-order valence-electron chi connectivity index (χ2n) is 7.70. The fraction of sp³-hybridized carbons (Fsp3) is 0.208. The summed E-state index contributed by atoms with van der Waals surface area (Å²) in [5, 5.41) is 3.77. The van der Waals surface area contributed by atoms with Gasteiger partial charge in [0.2, 0.25) is 0 Å². The van der Waals surface area contributed by atoms with E-state index in [-0.39, 0.29) is 5.52 Å². The van der Waals surface area contributed by atoms with E-state index in [2.05, 4.69) is 20.3 Å². The molecule has 0 saturated heterocycles. The van der Waals surface area contributed by atoms with Crippen LogP contribution in [0.4, 0.5) is 14.6 Å². The fourth-order valence-corrected chi connectivity index (χ4v) is 4.04. The van der Waals surface area contributed by atoms with Crippen molar-refractivity contribution < 1.29 is 17.9 Å². The molecule has 0 unspecified atom stereocenters. The molecular formula is C24H21F2N5O2. The van der Waals surface area contributed by atoms with Gasteiger partial charge in [-0.3, -0.25) is 0 Å². The number of aryl methyl sites for hydroxylation is 2. The third-order valence-corrected chi connectivity index (χ3v) is 5.56. The minimum Gasteiger partial charge on any atom is -0.496 e. The van der Waals surface area contributed by atoms with Crippen molar-refractivity contribution in [2.45, 2.75) is 20.4 Å². The van der Waals surface area contributed by atoms with Crippen LogP contribution in [0.1, 0.15) is 11.6 Å². The lowest BCUT2D eigenvalue weighted by molar-refractivity contribution is 0.412. The van der Waals surface area contributed by atoms with Crippen molar-refractivity contribution in [3.05, 3.63) is 65.9 Å². The third-order valence-electron chi connectivity index (χ3n) is 5.56. The quantitative estimate of drug-likeness (QED) is 0.381. The van der Waals surface area contributed by atoms with Crippen LogP contribution in [0.5, 0.6) is 5.75 Å². The molecule has 2 aromatic carbocycles. The Morgan fingerprint density at radius 2 is 1.94 bits per heavy atom. The predicted molar refractivity (Wildman–Crippen MR) is 121 cm³/mol. The van der Waals surface area contributed by atoms with E-state index in [0.717, 1.165) is 34.1 Å². The maximum absolute atomic E-state index is 14.6. The molecular weight excluding hydrogens is 428 g/mol. The van der Waals surface area contributed by atoms with Gasteiger partial charge in [-0.05, 0) is 31.2 Å². The Morgan fingerprint density at radius 1 is 1.09 bits per heavy atom. The lowest BCUT2D eigenvalue weighted by Crippen LogP contribution is -2.13. The zero-order valence-electron chi connectivity index (χ0n) is 18.3. The maximum Gasteiger partial charge on any atom is 0.192 e. The molecule has 0 radical (unpaired) electrons. The third kappa shape index (κ3) is 3.75. The highest BCUT2D eigenvalue weighted by Crippen LogP contribution is 2.32. The molecule has 5 rings (SSSR count). The molecule has 7 nitrogen and oxygen atoms in total. The molecule has 1 N–H and O–H groups in total. The van der Waals surface area contributed by atoms with Crippen molar-refractivity contribution in [3.63, 3.8) is 0 Å². The van der Waals surface area contributed by atoms with E-state index in [0.29, 0.717) is 35.9 Å². The van der Waals surface area contributed by atoms with Crippen LogP contribution in [0, 0.1) is 25.5 Å². The summed E-state index contributed by atoms with van der Waals surface area (Å²) in [6.07, 6.45) is 1.48. The van der Waals surface area contributed by atoms with Gasteiger partial charge < -0.3 is 19.0 Å². The molecule has 3 heterocycles. The minimum absolute atomic E-state index is 0.186. The molecule has 9 heteroatoms. The molecule has 0 bridgehead atoms. The van der Waals surface area contributed by atoms with Gasteiger partial charge in [-0.15, -0.1) is 0 Å². The Morgan fingerprint density at radius 3 is 2.76 bits per heavy atom. The lowest BCUT2D eigenvalue weighted by atomic mass is 10.1.